The second-order valence-electron chi connectivity index (χ2n) is 6.93. The fourth-order valence-corrected chi connectivity index (χ4v) is 4.56. The molecule has 7 nitrogen and oxygen atoms in total. The van der Waals surface area contributed by atoms with Crippen molar-refractivity contribution in [1.29, 1.82) is 0 Å². The maximum Gasteiger partial charge on any atom is 0.234 e. The minimum Gasteiger partial charge on any atom is -0.467 e. The van der Waals surface area contributed by atoms with Gasteiger partial charge in [0.25, 0.3) is 0 Å². The number of amides is 1. The summed E-state index contributed by atoms with van der Waals surface area (Å²) in [6, 6.07) is 8.87. The summed E-state index contributed by atoms with van der Waals surface area (Å²) >= 11 is 13.6. The lowest BCUT2D eigenvalue weighted by Crippen LogP contribution is -2.32. The molecule has 1 saturated heterocycles. The molecular formula is C20H21Cl2N5O2S. The molecule has 1 amide bonds. The lowest BCUT2D eigenvalue weighted by Gasteiger charge is -2.27. The Labute approximate surface area is 188 Å². The molecular weight excluding hydrogens is 445 g/mol. The number of benzene rings is 1. The monoisotopic (exact) mass is 465 g/mol. The highest BCUT2D eigenvalue weighted by molar-refractivity contribution is 7.99. The average Bonchev–Trinajstić information content (AvgIpc) is 3.40. The quantitative estimate of drug-likeness (QED) is 0.497. The van der Waals surface area contributed by atoms with Crippen molar-refractivity contribution in [3.05, 3.63) is 52.4 Å². The molecule has 2 aromatic heterocycles. The summed E-state index contributed by atoms with van der Waals surface area (Å²) in [4.78, 5) is 14.7. The molecule has 1 N–H and O–H groups in total. The number of rotatable bonds is 7. The van der Waals surface area contributed by atoms with E-state index in [-0.39, 0.29) is 11.7 Å². The van der Waals surface area contributed by atoms with Crippen LogP contribution in [0.4, 0.5) is 11.6 Å². The van der Waals surface area contributed by atoms with E-state index >= 15 is 0 Å². The highest BCUT2D eigenvalue weighted by atomic mass is 35.5. The summed E-state index contributed by atoms with van der Waals surface area (Å²) in [6.45, 7) is 2.41. The SMILES string of the molecule is O=C(CSc1nnc(N2CCCCC2)n1Cc1ccco1)Nc1c(Cl)cccc1Cl. The van der Waals surface area contributed by atoms with Gasteiger partial charge in [0.15, 0.2) is 5.16 Å². The Kier molecular flexibility index (Phi) is 6.86. The number of furan rings is 1. The van der Waals surface area contributed by atoms with Gasteiger partial charge in [0.1, 0.15) is 5.76 Å². The van der Waals surface area contributed by atoms with Gasteiger partial charge in [0.2, 0.25) is 11.9 Å². The first-order valence-corrected chi connectivity index (χ1v) is 11.4. The fourth-order valence-electron chi connectivity index (χ4n) is 3.34. The lowest BCUT2D eigenvalue weighted by molar-refractivity contribution is -0.113. The first kappa shape index (κ1) is 21.1. The largest absolute Gasteiger partial charge is 0.467 e. The van der Waals surface area contributed by atoms with E-state index < -0.39 is 0 Å². The molecule has 30 heavy (non-hydrogen) atoms. The van der Waals surface area contributed by atoms with E-state index in [2.05, 4.69) is 20.4 Å². The zero-order valence-corrected chi connectivity index (χ0v) is 18.5. The number of carbonyl (C=O) groups is 1. The van der Waals surface area contributed by atoms with E-state index in [9.17, 15) is 4.79 Å². The number of piperidine rings is 1. The van der Waals surface area contributed by atoms with Crippen molar-refractivity contribution in [3.63, 3.8) is 0 Å². The van der Waals surface area contributed by atoms with Crippen molar-refractivity contribution in [3.8, 4) is 0 Å². The highest BCUT2D eigenvalue weighted by Crippen LogP contribution is 2.30. The third-order valence-corrected chi connectivity index (χ3v) is 6.39. The van der Waals surface area contributed by atoms with E-state index in [1.165, 1.54) is 18.2 Å². The Bertz CT molecular complexity index is 983. The molecule has 0 spiro atoms. The van der Waals surface area contributed by atoms with Gasteiger partial charge in [-0.1, -0.05) is 41.0 Å². The maximum atomic E-state index is 12.5. The van der Waals surface area contributed by atoms with Gasteiger partial charge in [0.05, 0.1) is 34.3 Å². The minimum atomic E-state index is -0.220. The maximum absolute atomic E-state index is 12.5. The Morgan fingerprint density at radius 1 is 1.10 bits per heavy atom. The van der Waals surface area contributed by atoms with Gasteiger partial charge >= 0.3 is 0 Å². The Morgan fingerprint density at radius 3 is 2.57 bits per heavy atom. The molecule has 158 valence electrons. The molecule has 0 bridgehead atoms. The van der Waals surface area contributed by atoms with Gasteiger partial charge in [-0.3, -0.25) is 9.36 Å². The Balaban J connectivity index is 1.49. The first-order chi connectivity index (χ1) is 14.6. The zero-order chi connectivity index (χ0) is 20.9. The van der Waals surface area contributed by atoms with Crippen LogP contribution < -0.4 is 10.2 Å². The number of para-hydroxylation sites is 1. The zero-order valence-electron chi connectivity index (χ0n) is 16.2. The molecule has 4 rings (SSSR count). The number of halogens is 2. The number of thioether (sulfide) groups is 1. The topological polar surface area (TPSA) is 76.2 Å². The molecule has 0 saturated carbocycles. The third-order valence-electron chi connectivity index (χ3n) is 4.79. The number of hydrogen-bond donors (Lipinski definition) is 1. The smallest absolute Gasteiger partial charge is 0.234 e. The van der Waals surface area contributed by atoms with Crippen molar-refractivity contribution in [2.24, 2.45) is 0 Å². The Morgan fingerprint density at radius 2 is 1.87 bits per heavy atom. The first-order valence-electron chi connectivity index (χ1n) is 9.69. The lowest BCUT2D eigenvalue weighted by atomic mass is 10.1. The predicted octanol–water partition coefficient (Wildman–Crippen LogP) is 4.95. The van der Waals surface area contributed by atoms with Crippen molar-refractivity contribution < 1.29 is 9.21 Å². The second kappa shape index (κ2) is 9.76. The van der Waals surface area contributed by atoms with Crippen molar-refractivity contribution in [2.75, 3.05) is 29.1 Å². The number of carbonyl (C=O) groups excluding carboxylic acids is 1. The summed E-state index contributed by atoms with van der Waals surface area (Å²) in [6.07, 6.45) is 5.15. The summed E-state index contributed by atoms with van der Waals surface area (Å²) in [5, 5.41) is 13.0. The van der Waals surface area contributed by atoms with Gasteiger partial charge in [-0.2, -0.15) is 0 Å². The molecule has 1 aliphatic heterocycles. The normalized spacial score (nSPS) is 14.1. The van der Waals surface area contributed by atoms with E-state index in [0.29, 0.717) is 27.4 Å². The average molecular weight is 466 g/mol. The summed E-state index contributed by atoms with van der Waals surface area (Å²) in [5.74, 6) is 1.55. The molecule has 10 heteroatoms. The van der Waals surface area contributed by atoms with Gasteiger partial charge in [-0.05, 0) is 43.5 Å². The van der Waals surface area contributed by atoms with Gasteiger partial charge in [0, 0.05) is 13.1 Å². The summed E-state index contributed by atoms with van der Waals surface area (Å²) < 4.78 is 7.53. The fraction of sp³-hybridized carbons (Fsp3) is 0.350. The second-order valence-corrected chi connectivity index (χ2v) is 8.69. The number of anilines is 2. The van der Waals surface area contributed by atoms with Crippen LogP contribution in [0.2, 0.25) is 10.0 Å². The van der Waals surface area contributed by atoms with Crippen LogP contribution in [0.25, 0.3) is 0 Å². The van der Waals surface area contributed by atoms with Crippen LogP contribution in [0.5, 0.6) is 0 Å². The van der Waals surface area contributed by atoms with Gasteiger partial charge < -0.3 is 14.6 Å². The molecule has 0 radical (unpaired) electrons. The van der Waals surface area contributed by atoms with Crippen LogP contribution in [0, 0.1) is 0 Å². The van der Waals surface area contributed by atoms with E-state index in [0.717, 1.165) is 37.6 Å². The number of hydrogen-bond acceptors (Lipinski definition) is 6. The number of aromatic nitrogens is 3. The molecule has 0 unspecified atom stereocenters. The van der Waals surface area contributed by atoms with Crippen LogP contribution in [-0.4, -0.2) is 39.5 Å². The molecule has 1 aromatic carbocycles. The summed E-state index contributed by atoms with van der Waals surface area (Å²) in [7, 11) is 0. The van der Waals surface area contributed by atoms with Crippen LogP contribution in [0.15, 0.2) is 46.2 Å². The standard InChI is InChI=1S/C20H21Cl2N5O2S/c21-15-7-4-8-16(22)18(15)23-17(28)13-30-20-25-24-19(26-9-2-1-3-10-26)27(20)12-14-6-5-11-29-14/h4-8,11H,1-3,9-10,12-13H2,(H,23,28). The molecule has 0 aliphatic carbocycles. The molecule has 0 atom stereocenters. The van der Waals surface area contributed by atoms with Gasteiger partial charge in [-0.25, -0.2) is 0 Å². The minimum absolute atomic E-state index is 0.151. The number of nitrogens with one attached hydrogen (secondary N) is 1. The molecule has 3 aromatic rings. The number of nitrogens with zero attached hydrogens (tertiary/aromatic N) is 4. The van der Waals surface area contributed by atoms with E-state index in [1.807, 2.05) is 16.7 Å². The van der Waals surface area contributed by atoms with Gasteiger partial charge in [-0.15, -0.1) is 10.2 Å². The van der Waals surface area contributed by atoms with E-state index in [4.69, 9.17) is 27.6 Å². The highest BCUT2D eigenvalue weighted by Gasteiger charge is 2.22. The van der Waals surface area contributed by atoms with Crippen molar-refractivity contribution >= 4 is 52.5 Å². The molecule has 1 aliphatic rings. The molecule has 3 heterocycles. The predicted molar refractivity (Wildman–Crippen MR) is 120 cm³/mol. The van der Waals surface area contributed by atoms with Crippen molar-refractivity contribution in [1.82, 2.24) is 14.8 Å². The Hall–Kier alpha value is -2.16. The van der Waals surface area contributed by atoms with Crippen LogP contribution >= 0.6 is 35.0 Å². The molecule has 1 fully saturated rings. The third kappa shape index (κ3) is 4.94. The summed E-state index contributed by atoms with van der Waals surface area (Å²) in [5.41, 5.74) is 0.414. The van der Waals surface area contributed by atoms with Crippen LogP contribution in [-0.2, 0) is 11.3 Å². The van der Waals surface area contributed by atoms with Crippen LogP contribution in [0.3, 0.4) is 0 Å². The van der Waals surface area contributed by atoms with Crippen LogP contribution in [0.1, 0.15) is 25.0 Å². The van der Waals surface area contributed by atoms with Crippen molar-refractivity contribution in [2.45, 2.75) is 31.0 Å². The van der Waals surface area contributed by atoms with E-state index in [1.54, 1.807) is 24.5 Å².